The highest BCUT2D eigenvalue weighted by atomic mass is 32.2. The Kier molecular flexibility index (Phi) is 4.96. The lowest BCUT2D eigenvalue weighted by Crippen LogP contribution is -2.48. The maximum absolute atomic E-state index is 11.9. The molecule has 1 aromatic carbocycles. The van der Waals surface area contributed by atoms with Crippen molar-refractivity contribution < 1.29 is 4.79 Å². The van der Waals surface area contributed by atoms with Crippen LogP contribution in [0.1, 0.15) is 6.42 Å². The van der Waals surface area contributed by atoms with Crippen molar-refractivity contribution in [2.24, 2.45) is 0 Å². The molecule has 0 unspecified atom stereocenters. The van der Waals surface area contributed by atoms with E-state index in [1.165, 1.54) is 5.69 Å². The van der Waals surface area contributed by atoms with Crippen molar-refractivity contribution in [3.8, 4) is 0 Å². The van der Waals surface area contributed by atoms with Crippen molar-refractivity contribution in [1.82, 2.24) is 4.90 Å². The Morgan fingerprint density at radius 1 is 1.21 bits per heavy atom. The van der Waals surface area contributed by atoms with Crippen molar-refractivity contribution in [1.29, 1.82) is 0 Å². The topological polar surface area (TPSA) is 49.6 Å². The highest BCUT2D eigenvalue weighted by Crippen LogP contribution is 2.18. The van der Waals surface area contributed by atoms with Crippen LogP contribution in [0, 0.1) is 0 Å². The van der Waals surface area contributed by atoms with Crippen molar-refractivity contribution in [3.63, 3.8) is 0 Å². The molecule has 1 aliphatic rings. The maximum atomic E-state index is 11.9. The van der Waals surface area contributed by atoms with E-state index in [4.69, 9.17) is 5.73 Å². The van der Waals surface area contributed by atoms with E-state index in [-0.39, 0.29) is 5.91 Å². The summed E-state index contributed by atoms with van der Waals surface area (Å²) in [7, 11) is 0. The van der Waals surface area contributed by atoms with E-state index >= 15 is 0 Å². The Morgan fingerprint density at radius 2 is 1.84 bits per heavy atom. The molecule has 1 aliphatic heterocycles. The highest BCUT2D eigenvalue weighted by molar-refractivity contribution is 7.98. The fourth-order valence-corrected chi connectivity index (χ4v) is 2.63. The van der Waals surface area contributed by atoms with E-state index < -0.39 is 0 Å². The molecule has 0 atom stereocenters. The molecule has 0 saturated carbocycles. The average molecular weight is 279 g/mol. The van der Waals surface area contributed by atoms with Gasteiger partial charge in [0.1, 0.15) is 0 Å². The van der Waals surface area contributed by atoms with Gasteiger partial charge in [0.25, 0.3) is 0 Å². The molecule has 1 amide bonds. The standard InChI is InChI=1S/C14H21N3OS/c1-19-11-6-14(18)17-9-7-16(8-10-17)13-4-2-12(15)3-5-13/h2-5H,6-11,15H2,1H3. The molecular formula is C14H21N3OS. The van der Waals surface area contributed by atoms with Gasteiger partial charge in [-0.15, -0.1) is 0 Å². The quantitative estimate of drug-likeness (QED) is 0.852. The molecule has 2 N–H and O–H groups in total. The van der Waals surface area contributed by atoms with Crippen molar-refractivity contribution in [3.05, 3.63) is 24.3 Å². The van der Waals surface area contributed by atoms with Crippen LogP contribution in [0.5, 0.6) is 0 Å². The number of amides is 1. The first-order chi connectivity index (χ1) is 9.20. The van der Waals surface area contributed by atoms with Crippen LogP contribution in [0.25, 0.3) is 0 Å². The van der Waals surface area contributed by atoms with Crippen LogP contribution >= 0.6 is 11.8 Å². The zero-order chi connectivity index (χ0) is 13.7. The summed E-state index contributed by atoms with van der Waals surface area (Å²) >= 11 is 1.72. The van der Waals surface area contributed by atoms with Gasteiger partial charge >= 0.3 is 0 Å². The van der Waals surface area contributed by atoms with Gasteiger partial charge in [0.2, 0.25) is 5.91 Å². The second kappa shape index (κ2) is 6.70. The fourth-order valence-electron chi connectivity index (χ4n) is 2.25. The molecule has 1 heterocycles. The number of nitrogens with two attached hydrogens (primary N) is 1. The summed E-state index contributed by atoms with van der Waals surface area (Å²) in [5, 5.41) is 0. The SMILES string of the molecule is CSCCC(=O)N1CCN(c2ccc(N)cc2)CC1. The van der Waals surface area contributed by atoms with Crippen LogP contribution in [0.15, 0.2) is 24.3 Å². The third-order valence-corrected chi connectivity index (χ3v) is 4.02. The van der Waals surface area contributed by atoms with Gasteiger partial charge in [-0.3, -0.25) is 4.79 Å². The van der Waals surface area contributed by atoms with E-state index in [1.54, 1.807) is 11.8 Å². The lowest BCUT2D eigenvalue weighted by molar-refractivity contribution is -0.131. The number of anilines is 2. The fraction of sp³-hybridized carbons (Fsp3) is 0.500. The van der Waals surface area contributed by atoms with Gasteiger partial charge in [-0.05, 0) is 30.5 Å². The Bertz CT molecular complexity index is 413. The lowest BCUT2D eigenvalue weighted by Gasteiger charge is -2.36. The summed E-state index contributed by atoms with van der Waals surface area (Å²) in [6.45, 7) is 3.43. The monoisotopic (exact) mass is 279 g/mol. The molecule has 1 aromatic rings. The first-order valence-corrected chi connectivity index (χ1v) is 7.97. The second-order valence-corrected chi connectivity index (χ2v) is 5.69. The summed E-state index contributed by atoms with van der Waals surface area (Å²) in [6.07, 6.45) is 2.69. The van der Waals surface area contributed by atoms with E-state index in [1.807, 2.05) is 35.4 Å². The lowest BCUT2D eigenvalue weighted by atomic mass is 10.2. The van der Waals surface area contributed by atoms with E-state index in [2.05, 4.69) is 4.90 Å². The van der Waals surface area contributed by atoms with Crippen molar-refractivity contribution >= 4 is 29.0 Å². The maximum Gasteiger partial charge on any atom is 0.223 e. The number of rotatable bonds is 4. The van der Waals surface area contributed by atoms with Crippen LogP contribution in [0.3, 0.4) is 0 Å². The molecule has 4 nitrogen and oxygen atoms in total. The van der Waals surface area contributed by atoms with E-state index in [0.717, 1.165) is 37.6 Å². The predicted molar refractivity (Wildman–Crippen MR) is 82.6 cm³/mol. The first-order valence-electron chi connectivity index (χ1n) is 6.58. The van der Waals surface area contributed by atoms with Crippen molar-refractivity contribution in [2.75, 3.05) is 48.8 Å². The Morgan fingerprint density at radius 3 is 2.42 bits per heavy atom. The first kappa shape index (κ1) is 14.1. The molecule has 0 bridgehead atoms. The molecule has 0 radical (unpaired) electrons. The minimum absolute atomic E-state index is 0.284. The largest absolute Gasteiger partial charge is 0.399 e. The molecule has 0 aliphatic carbocycles. The van der Waals surface area contributed by atoms with Crippen molar-refractivity contribution in [2.45, 2.75) is 6.42 Å². The Labute approximate surface area is 118 Å². The van der Waals surface area contributed by atoms with Gasteiger partial charge in [0.05, 0.1) is 0 Å². The molecule has 1 saturated heterocycles. The Hall–Kier alpha value is -1.36. The number of hydrogen-bond acceptors (Lipinski definition) is 4. The smallest absolute Gasteiger partial charge is 0.223 e. The zero-order valence-corrected chi connectivity index (χ0v) is 12.2. The summed E-state index contributed by atoms with van der Waals surface area (Å²) in [4.78, 5) is 16.2. The summed E-state index contributed by atoms with van der Waals surface area (Å²) in [6, 6.07) is 7.93. The summed E-state index contributed by atoms with van der Waals surface area (Å²) < 4.78 is 0. The van der Waals surface area contributed by atoms with Gasteiger partial charge in [-0.1, -0.05) is 0 Å². The minimum atomic E-state index is 0.284. The third kappa shape index (κ3) is 3.80. The number of piperazine rings is 1. The van der Waals surface area contributed by atoms with Gasteiger partial charge in [-0.2, -0.15) is 11.8 Å². The molecule has 2 rings (SSSR count). The molecule has 1 fully saturated rings. The van der Waals surface area contributed by atoms with Crippen LogP contribution in [0.4, 0.5) is 11.4 Å². The zero-order valence-electron chi connectivity index (χ0n) is 11.3. The molecule has 19 heavy (non-hydrogen) atoms. The number of benzene rings is 1. The molecule has 0 spiro atoms. The van der Waals surface area contributed by atoms with Crippen LogP contribution in [0.2, 0.25) is 0 Å². The van der Waals surface area contributed by atoms with Crippen LogP contribution in [-0.4, -0.2) is 49.0 Å². The van der Waals surface area contributed by atoms with Gasteiger partial charge in [0.15, 0.2) is 0 Å². The summed E-state index contributed by atoms with van der Waals surface area (Å²) in [5.41, 5.74) is 7.66. The summed E-state index contributed by atoms with van der Waals surface area (Å²) in [5.74, 6) is 1.20. The molecule has 5 heteroatoms. The molecule has 0 aromatic heterocycles. The third-order valence-electron chi connectivity index (χ3n) is 3.41. The van der Waals surface area contributed by atoms with Crippen LogP contribution < -0.4 is 10.6 Å². The van der Waals surface area contributed by atoms with Gasteiger partial charge in [0, 0.05) is 49.7 Å². The number of hydrogen-bond donors (Lipinski definition) is 1. The predicted octanol–water partition coefficient (Wildman–Crippen LogP) is 1.67. The van der Waals surface area contributed by atoms with E-state index in [0.29, 0.717) is 6.42 Å². The minimum Gasteiger partial charge on any atom is -0.399 e. The number of carbonyl (C=O) groups is 1. The number of nitrogens with zero attached hydrogens (tertiary/aromatic N) is 2. The van der Waals surface area contributed by atoms with E-state index in [9.17, 15) is 4.79 Å². The van der Waals surface area contributed by atoms with Crippen LogP contribution in [-0.2, 0) is 4.79 Å². The van der Waals surface area contributed by atoms with Gasteiger partial charge < -0.3 is 15.5 Å². The second-order valence-electron chi connectivity index (χ2n) is 4.70. The highest BCUT2D eigenvalue weighted by Gasteiger charge is 2.20. The normalized spacial score (nSPS) is 15.6. The number of thioether (sulfide) groups is 1. The molecule has 104 valence electrons. The number of nitrogen functional groups attached to an aromatic ring is 1. The number of carbonyl (C=O) groups excluding carboxylic acids is 1. The Balaban J connectivity index is 1.85. The molecular weight excluding hydrogens is 258 g/mol. The van der Waals surface area contributed by atoms with Gasteiger partial charge in [-0.25, -0.2) is 0 Å². The average Bonchev–Trinajstić information content (AvgIpc) is 2.46.